The second kappa shape index (κ2) is 13.4. The van der Waals surface area contributed by atoms with Gasteiger partial charge in [0.25, 0.3) is 0 Å². The number of anilines is 4. The molecule has 8 rings (SSSR count). The molecule has 2 amide bonds. The standard InChI is InChI=1S/C21H20N4O2.C20H19N5O/c1-13-23-9-16(10-24-13)15-4-5-18-19(7-15)25(20(27)21(18,2)3)17-6-14(12-26)8-22-11-17;1-12-10-21-11-18(23-12)25-17-9-14(16-7-8-22-13(2)24-16)5-6-15(17)20(3,4)19(25)26/h4-11,26H,12H2,1-3H3;5-11H,1-4H3. The third kappa shape index (κ3) is 6.31. The van der Waals surface area contributed by atoms with Crippen molar-refractivity contribution in [1.82, 2.24) is 34.9 Å². The van der Waals surface area contributed by atoms with E-state index in [2.05, 4.69) is 34.9 Å². The minimum absolute atomic E-state index is 0.0107. The van der Waals surface area contributed by atoms with Gasteiger partial charge in [-0.3, -0.25) is 29.4 Å². The zero-order chi connectivity index (χ0) is 37.7. The van der Waals surface area contributed by atoms with Crippen molar-refractivity contribution in [1.29, 1.82) is 0 Å². The van der Waals surface area contributed by atoms with Crippen LogP contribution in [-0.4, -0.2) is 51.8 Å². The van der Waals surface area contributed by atoms with Gasteiger partial charge in [-0.15, -0.1) is 0 Å². The molecule has 4 aromatic heterocycles. The summed E-state index contributed by atoms with van der Waals surface area (Å²) < 4.78 is 0. The van der Waals surface area contributed by atoms with Crippen LogP contribution in [0, 0.1) is 20.8 Å². The van der Waals surface area contributed by atoms with Crippen molar-refractivity contribution in [3.63, 3.8) is 0 Å². The summed E-state index contributed by atoms with van der Waals surface area (Å²) in [6.07, 6.45) is 11.8. The highest BCUT2D eigenvalue weighted by Crippen LogP contribution is 2.47. The Morgan fingerprint density at radius 2 is 1.25 bits per heavy atom. The Bertz CT molecular complexity index is 2390. The van der Waals surface area contributed by atoms with E-state index in [1.807, 2.05) is 90.9 Å². The minimum Gasteiger partial charge on any atom is -0.392 e. The summed E-state index contributed by atoms with van der Waals surface area (Å²) >= 11 is 0. The summed E-state index contributed by atoms with van der Waals surface area (Å²) in [5.41, 5.74) is 7.98. The molecule has 0 aliphatic carbocycles. The van der Waals surface area contributed by atoms with Gasteiger partial charge in [-0.05, 0) is 95.0 Å². The highest BCUT2D eigenvalue weighted by atomic mass is 16.3. The van der Waals surface area contributed by atoms with E-state index >= 15 is 0 Å². The number of carbonyl (C=O) groups excluding carboxylic acids is 2. The van der Waals surface area contributed by atoms with Crippen LogP contribution in [0.15, 0.2) is 91.9 Å². The van der Waals surface area contributed by atoms with Gasteiger partial charge in [0.15, 0.2) is 5.82 Å². The van der Waals surface area contributed by atoms with Gasteiger partial charge in [-0.1, -0.05) is 24.3 Å². The monoisotopic (exact) mass is 705 g/mol. The second-order valence-corrected chi connectivity index (χ2v) is 14.2. The molecule has 53 heavy (non-hydrogen) atoms. The van der Waals surface area contributed by atoms with Gasteiger partial charge in [0.2, 0.25) is 11.8 Å². The number of hydrogen-bond acceptors (Lipinski definition) is 10. The first-order chi connectivity index (χ1) is 25.3. The Balaban J connectivity index is 0.000000164. The topological polar surface area (TPSA) is 151 Å². The molecule has 2 aliphatic rings. The Kier molecular flexibility index (Phi) is 8.87. The van der Waals surface area contributed by atoms with Crippen molar-refractivity contribution >= 4 is 34.7 Å². The molecule has 0 spiro atoms. The van der Waals surface area contributed by atoms with Crippen molar-refractivity contribution in [3.8, 4) is 22.4 Å². The van der Waals surface area contributed by atoms with Gasteiger partial charge in [-0.25, -0.2) is 24.9 Å². The van der Waals surface area contributed by atoms with E-state index in [1.54, 1.807) is 59.2 Å². The Morgan fingerprint density at radius 3 is 1.91 bits per heavy atom. The summed E-state index contributed by atoms with van der Waals surface area (Å²) in [6.45, 7) is 13.2. The SMILES string of the molecule is Cc1cncc(N2C(=O)C(C)(C)c3ccc(-c4ccnc(C)n4)cc32)n1.Cc1ncc(-c2ccc3c(c2)N(c2cncc(CO)c2)C(=O)C3(C)C)cn1. The van der Waals surface area contributed by atoms with Gasteiger partial charge in [0.05, 0.1) is 58.3 Å². The number of aryl methyl sites for hydroxylation is 3. The van der Waals surface area contributed by atoms with Crippen LogP contribution in [0.2, 0.25) is 0 Å². The number of benzene rings is 2. The van der Waals surface area contributed by atoms with Crippen LogP contribution < -0.4 is 9.80 Å². The lowest BCUT2D eigenvalue weighted by molar-refractivity contribution is -0.122. The molecule has 266 valence electrons. The number of pyridine rings is 1. The fourth-order valence-electron chi connectivity index (χ4n) is 6.72. The molecule has 12 nitrogen and oxygen atoms in total. The summed E-state index contributed by atoms with van der Waals surface area (Å²) in [5.74, 6) is 1.93. The van der Waals surface area contributed by atoms with Gasteiger partial charge < -0.3 is 5.11 Å². The molecule has 2 aromatic carbocycles. The quantitative estimate of drug-likeness (QED) is 0.203. The van der Waals surface area contributed by atoms with E-state index in [4.69, 9.17) is 0 Å². The Morgan fingerprint density at radius 1 is 0.623 bits per heavy atom. The molecule has 2 aliphatic heterocycles. The molecule has 6 heterocycles. The number of aliphatic hydroxyl groups excluding tert-OH is 1. The molecule has 0 unspecified atom stereocenters. The van der Waals surface area contributed by atoms with E-state index in [1.165, 1.54) is 0 Å². The summed E-state index contributed by atoms with van der Waals surface area (Å²) in [5, 5.41) is 9.43. The maximum atomic E-state index is 13.2. The molecule has 0 saturated carbocycles. The minimum atomic E-state index is -0.646. The van der Waals surface area contributed by atoms with Crippen molar-refractivity contribution in [2.24, 2.45) is 0 Å². The first-order valence-electron chi connectivity index (χ1n) is 17.2. The average Bonchev–Trinajstić information content (AvgIpc) is 3.48. The number of amides is 2. The van der Waals surface area contributed by atoms with Crippen LogP contribution in [0.3, 0.4) is 0 Å². The summed E-state index contributed by atoms with van der Waals surface area (Å²) in [4.78, 5) is 59.7. The summed E-state index contributed by atoms with van der Waals surface area (Å²) in [7, 11) is 0. The van der Waals surface area contributed by atoms with Crippen molar-refractivity contribution in [3.05, 3.63) is 126 Å². The molecule has 0 bridgehead atoms. The highest BCUT2D eigenvalue weighted by molar-refractivity contribution is 6.13. The van der Waals surface area contributed by atoms with Gasteiger partial charge in [-0.2, -0.15) is 0 Å². The van der Waals surface area contributed by atoms with Crippen molar-refractivity contribution in [2.75, 3.05) is 9.80 Å². The maximum Gasteiger partial charge on any atom is 0.242 e. The smallest absolute Gasteiger partial charge is 0.242 e. The van der Waals surface area contributed by atoms with Gasteiger partial charge >= 0.3 is 0 Å². The molecule has 12 heteroatoms. The van der Waals surface area contributed by atoms with E-state index in [0.717, 1.165) is 50.6 Å². The van der Waals surface area contributed by atoms with Crippen LogP contribution in [-0.2, 0) is 27.0 Å². The first kappa shape index (κ1) is 35.1. The molecule has 0 radical (unpaired) electrons. The Hall–Kier alpha value is -6.27. The second-order valence-electron chi connectivity index (χ2n) is 14.2. The fraction of sp³-hybridized carbons (Fsp3) is 0.244. The number of nitrogens with zero attached hydrogens (tertiary/aromatic N) is 9. The summed E-state index contributed by atoms with van der Waals surface area (Å²) in [6, 6.07) is 15.6. The molecular formula is C41H39N9O3. The van der Waals surface area contributed by atoms with E-state index < -0.39 is 10.8 Å². The number of rotatable bonds is 5. The van der Waals surface area contributed by atoms with Crippen LogP contribution in [0.1, 0.15) is 61.7 Å². The lowest BCUT2D eigenvalue weighted by Gasteiger charge is -2.20. The predicted octanol–water partition coefficient (Wildman–Crippen LogP) is 6.80. The number of carbonyl (C=O) groups is 2. The van der Waals surface area contributed by atoms with E-state index in [-0.39, 0.29) is 18.4 Å². The molecule has 0 fully saturated rings. The average molecular weight is 706 g/mol. The van der Waals surface area contributed by atoms with E-state index in [0.29, 0.717) is 28.7 Å². The normalized spacial score (nSPS) is 15.2. The third-order valence-corrected chi connectivity index (χ3v) is 9.68. The molecular weight excluding hydrogens is 667 g/mol. The van der Waals surface area contributed by atoms with Crippen molar-refractivity contribution in [2.45, 2.75) is 65.9 Å². The number of fused-ring (bicyclic) bond motifs is 2. The third-order valence-electron chi connectivity index (χ3n) is 9.68. The number of hydrogen-bond donors (Lipinski definition) is 1. The van der Waals surface area contributed by atoms with Crippen LogP contribution >= 0.6 is 0 Å². The Labute approximate surface area is 307 Å². The molecule has 1 N–H and O–H groups in total. The molecule has 0 saturated heterocycles. The molecule has 0 atom stereocenters. The van der Waals surface area contributed by atoms with Crippen molar-refractivity contribution < 1.29 is 14.7 Å². The lowest BCUT2D eigenvalue weighted by atomic mass is 9.85. The largest absolute Gasteiger partial charge is 0.392 e. The van der Waals surface area contributed by atoms with Crippen LogP contribution in [0.25, 0.3) is 22.4 Å². The zero-order valence-corrected chi connectivity index (χ0v) is 30.7. The van der Waals surface area contributed by atoms with E-state index in [9.17, 15) is 14.7 Å². The van der Waals surface area contributed by atoms with Gasteiger partial charge in [0, 0.05) is 42.1 Å². The van der Waals surface area contributed by atoms with Crippen LogP contribution in [0.5, 0.6) is 0 Å². The maximum absolute atomic E-state index is 13.2. The fourth-order valence-corrected chi connectivity index (χ4v) is 6.72. The highest BCUT2D eigenvalue weighted by Gasteiger charge is 2.46. The van der Waals surface area contributed by atoms with Crippen LogP contribution in [0.4, 0.5) is 22.9 Å². The number of aliphatic hydroxyl groups is 1. The first-order valence-corrected chi connectivity index (χ1v) is 17.2. The molecule has 6 aromatic rings. The predicted molar refractivity (Wildman–Crippen MR) is 202 cm³/mol. The van der Waals surface area contributed by atoms with Gasteiger partial charge in [0.1, 0.15) is 11.6 Å². The zero-order valence-electron chi connectivity index (χ0n) is 30.7. The number of aromatic nitrogens is 7. The lowest BCUT2D eigenvalue weighted by Crippen LogP contribution is -2.33.